The summed E-state index contributed by atoms with van der Waals surface area (Å²) in [6.07, 6.45) is 2.28. The van der Waals surface area contributed by atoms with E-state index in [2.05, 4.69) is 63.8 Å². The van der Waals surface area contributed by atoms with Crippen molar-refractivity contribution in [3.05, 3.63) is 107 Å². The van der Waals surface area contributed by atoms with E-state index in [9.17, 15) is 53.1 Å². The molecule has 4 aromatic rings. The molecule has 2 aromatic carbocycles. The molecule has 4 aliphatic rings. The van der Waals surface area contributed by atoms with Gasteiger partial charge in [0.15, 0.2) is 5.60 Å². The van der Waals surface area contributed by atoms with E-state index in [-0.39, 0.29) is 59.1 Å². The van der Waals surface area contributed by atoms with Crippen LogP contribution in [-0.4, -0.2) is 118 Å². The van der Waals surface area contributed by atoms with Crippen LogP contribution in [-0.2, 0) is 84.2 Å². The second-order valence-corrected chi connectivity index (χ2v) is 20.4. The Labute approximate surface area is 455 Å². The third-order valence-corrected chi connectivity index (χ3v) is 15.9. The average Bonchev–Trinajstić information content (AvgIpc) is 3.98. The van der Waals surface area contributed by atoms with Gasteiger partial charge in [0.25, 0.3) is 17.4 Å². The molecule has 0 unspecified atom stereocenters. The number of nitrogens with one attached hydrogen (secondary N) is 6. The zero-order valence-electron chi connectivity index (χ0n) is 41.8. The normalized spacial score (nSPS) is 17.5. The number of ether oxygens (including phenoxy) is 2. The highest BCUT2D eigenvalue weighted by Crippen LogP contribution is 2.46. The number of hydrogen-bond donors (Lipinski definition) is 7. The predicted octanol–water partition coefficient (Wildman–Crippen LogP) is 1.73. The van der Waals surface area contributed by atoms with Crippen molar-refractivity contribution in [3.8, 4) is 11.4 Å². The van der Waals surface area contributed by atoms with Crippen molar-refractivity contribution in [1.82, 2.24) is 46.4 Å². The van der Waals surface area contributed by atoms with Crippen molar-refractivity contribution in [1.29, 1.82) is 0 Å². The molecule has 0 saturated heterocycles. The number of aliphatic hydroxyl groups is 1. The number of carbonyl (C=O) groups excluding carboxylic acids is 9. The lowest BCUT2D eigenvalue weighted by Crippen LogP contribution is -2.52. The summed E-state index contributed by atoms with van der Waals surface area (Å²) in [5, 5.41) is 27.4. The third-order valence-electron chi connectivity index (χ3n) is 13.9. The lowest BCUT2D eigenvalue weighted by atomic mass is 9.81. The lowest BCUT2D eigenvalue weighted by Gasteiger charge is -2.31. The number of benzene rings is 2. The minimum atomic E-state index is -2.05. The number of pyridine rings is 2. The number of hydrogen-bond acceptors (Lipinski definition) is 14. The summed E-state index contributed by atoms with van der Waals surface area (Å²) in [4.78, 5) is 134. The SMILES string of the molecule is CC[C@@]1(O)C(=O)OCc2c1cc1n(c2=O)Cc2c-1nc1cc(F)c(C)c3c1c2[C@@H](NC(=O)COCNC(=O)CNC(=O)[C@H](Cc1ccccc1)NC(=O)CNC(=O)CNC(=O)CCCCCN1C(=O)C(Br)=C(Br)C1=O)CC3. The molecular formula is C52H54Br2FN9O13. The molecule has 1 aliphatic carbocycles. The van der Waals surface area contributed by atoms with Crippen LogP contribution in [0, 0.1) is 12.7 Å². The third kappa shape index (κ3) is 12.0. The Hall–Kier alpha value is -7.22. The van der Waals surface area contributed by atoms with Gasteiger partial charge in [0.2, 0.25) is 35.4 Å². The van der Waals surface area contributed by atoms with Crippen molar-refractivity contribution in [2.45, 2.75) is 96.1 Å². The van der Waals surface area contributed by atoms with Gasteiger partial charge in [-0.2, -0.15) is 0 Å². The maximum Gasteiger partial charge on any atom is 0.343 e. The van der Waals surface area contributed by atoms with Gasteiger partial charge in [-0.3, -0.25) is 48.1 Å². The molecule has 0 spiro atoms. The van der Waals surface area contributed by atoms with Crippen LogP contribution >= 0.6 is 31.9 Å². The van der Waals surface area contributed by atoms with Crippen LogP contribution in [0.25, 0.3) is 22.3 Å². The number of halogens is 3. The topological polar surface area (TPSA) is 303 Å². The molecular weight excluding hydrogens is 1140 g/mol. The molecule has 22 nitrogen and oxygen atoms in total. The van der Waals surface area contributed by atoms with E-state index in [0.29, 0.717) is 76.6 Å². The van der Waals surface area contributed by atoms with E-state index in [0.717, 1.165) is 10.5 Å². The van der Waals surface area contributed by atoms with Gasteiger partial charge < -0.3 is 51.0 Å². The van der Waals surface area contributed by atoms with Gasteiger partial charge in [-0.05, 0) is 99.2 Å². The summed E-state index contributed by atoms with van der Waals surface area (Å²) in [5.41, 5.74) is 1.82. The van der Waals surface area contributed by atoms with Crippen LogP contribution in [0.4, 0.5) is 4.39 Å². The van der Waals surface area contributed by atoms with Crippen molar-refractivity contribution in [2.24, 2.45) is 0 Å². The second-order valence-electron chi connectivity index (χ2n) is 18.8. The highest BCUT2D eigenvalue weighted by atomic mass is 79.9. The van der Waals surface area contributed by atoms with E-state index < -0.39 is 115 Å². The van der Waals surface area contributed by atoms with Crippen LogP contribution in [0.5, 0.6) is 0 Å². The fraction of sp³-hybridized carbons (Fsp3) is 0.404. The Morgan fingerprint density at radius 3 is 2.29 bits per heavy atom. The van der Waals surface area contributed by atoms with Gasteiger partial charge in [0.05, 0.1) is 54.7 Å². The Bertz CT molecular complexity index is 3200. The smallest absolute Gasteiger partial charge is 0.343 e. The number of unbranched alkanes of at least 4 members (excludes halogenated alkanes) is 2. The van der Waals surface area contributed by atoms with Crippen molar-refractivity contribution in [2.75, 3.05) is 39.5 Å². The standard InChI is InChI=1S/C52H54Br2FN9O13/c1-3-52(75)31-17-36-46-29(22-64(36)48(71)30(31)23-77-51(52)74)43-33(14-13-28-26(2)32(55)18-34(62-46)42(28)43)60-41(69)24-76-25-59-39(67)20-58-47(70)35(16-27-10-6-4-7-11-27)61-40(68)21-57-38(66)19-56-37(65)12-8-5-9-15-63-49(72)44(53)45(54)50(63)73/h4,6-7,10-11,17-18,33,35,75H,3,5,8-9,12-16,19-25H2,1-2H3,(H,56,65)(H,57,66)(H,58,70)(H,59,67)(H,60,69)(H,61,68)/t33-,35-,52-/m0/s1. The molecule has 5 heterocycles. The first-order valence-electron chi connectivity index (χ1n) is 24.8. The number of cyclic esters (lactones) is 1. The molecule has 25 heteroatoms. The van der Waals surface area contributed by atoms with E-state index in [1.54, 1.807) is 50.2 Å². The average molecular weight is 1190 g/mol. The number of imide groups is 1. The van der Waals surface area contributed by atoms with Gasteiger partial charge >= 0.3 is 5.97 Å². The lowest BCUT2D eigenvalue weighted by molar-refractivity contribution is -0.172. The number of amides is 8. The number of rotatable bonds is 22. The van der Waals surface area contributed by atoms with Crippen LogP contribution in [0.2, 0.25) is 0 Å². The Balaban J connectivity index is 0.796. The van der Waals surface area contributed by atoms with E-state index in [1.807, 2.05) is 0 Å². The maximum absolute atomic E-state index is 15.4. The molecule has 0 radical (unpaired) electrons. The first kappa shape index (κ1) is 56.0. The fourth-order valence-corrected chi connectivity index (χ4v) is 10.6. The van der Waals surface area contributed by atoms with Crippen LogP contribution in [0.15, 0.2) is 56.2 Å². The number of esters is 1. The van der Waals surface area contributed by atoms with E-state index in [4.69, 9.17) is 14.5 Å². The van der Waals surface area contributed by atoms with Crippen LogP contribution in [0.1, 0.15) is 90.4 Å². The Morgan fingerprint density at radius 1 is 0.870 bits per heavy atom. The first-order valence-corrected chi connectivity index (χ1v) is 26.4. The summed E-state index contributed by atoms with van der Waals surface area (Å²) in [7, 11) is 0. The van der Waals surface area contributed by atoms with E-state index >= 15 is 4.39 Å². The van der Waals surface area contributed by atoms with Gasteiger partial charge in [0.1, 0.15) is 40.8 Å². The van der Waals surface area contributed by atoms with E-state index in [1.165, 1.54) is 10.6 Å². The van der Waals surface area contributed by atoms with Crippen molar-refractivity contribution in [3.63, 3.8) is 0 Å². The Morgan fingerprint density at radius 2 is 1.56 bits per heavy atom. The monoisotopic (exact) mass is 1190 g/mol. The second kappa shape index (κ2) is 24.0. The summed E-state index contributed by atoms with van der Waals surface area (Å²) >= 11 is 6.15. The highest BCUT2D eigenvalue weighted by molar-refractivity contribution is 9.14. The molecule has 8 amide bonds. The molecule has 406 valence electrons. The predicted molar refractivity (Wildman–Crippen MR) is 279 cm³/mol. The van der Waals surface area contributed by atoms with Gasteiger partial charge in [-0.25, -0.2) is 14.2 Å². The summed E-state index contributed by atoms with van der Waals surface area (Å²) < 4.78 is 27.9. The summed E-state index contributed by atoms with van der Waals surface area (Å²) in [6.45, 7) is 0.788. The maximum atomic E-state index is 15.4. The molecule has 7 N–H and O–H groups in total. The quantitative estimate of drug-likeness (QED) is 0.0225. The fourth-order valence-electron chi connectivity index (χ4n) is 9.83. The number of fused-ring (bicyclic) bond motifs is 5. The van der Waals surface area contributed by atoms with Crippen LogP contribution < -0.4 is 37.5 Å². The summed E-state index contributed by atoms with van der Waals surface area (Å²) in [6, 6.07) is 9.81. The zero-order valence-corrected chi connectivity index (χ0v) is 45.0. The number of nitrogens with zero attached hydrogens (tertiary/aromatic N) is 3. The number of aryl methyl sites for hydroxylation is 1. The summed E-state index contributed by atoms with van der Waals surface area (Å²) in [5.74, 6) is -5.97. The highest BCUT2D eigenvalue weighted by Gasteiger charge is 2.46. The molecule has 8 rings (SSSR count). The first-order chi connectivity index (χ1) is 36.8. The van der Waals surface area contributed by atoms with Crippen molar-refractivity contribution < 1.29 is 62.1 Å². The van der Waals surface area contributed by atoms with Gasteiger partial charge in [0, 0.05) is 42.0 Å². The Kier molecular flexibility index (Phi) is 17.4. The van der Waals surface area contributed by atoms with Crippen LogP contribution in [0.3, 0.4) is 0 Å². The molecule has 3 aliphatic heterocycles. The molecule has 0 saturated carbocycles. The molecule has 0 bridgehead atoms. The molecule has 77 heavy (non-hydrogen) atoms. The number of carbonyl (C=O) groups is 9. The number of aromatic nitrogens is 2. The molecule has 3 atom stereocenters. The minimum Gasteiger partial charge on any atom is -0.458 e. The molecule has 0 fully saturated rings. The zero-order chi connectivity index (χ0) is 55.3. The molecule has 2 aromatic heterocycles. The van der Waals surface area contributed by atoms with Crippen molar-refractivity contribution >= 4 is 96.0 Å². The minimum absolute atomic E-state index is 0.0317. The largest absolute Gasteiger partial charge is 0.458 e. The van der Waals surface area contributed by atoms with Gasteiger partial charge in [-0.1, -0.05) is 43.7 Å². The van der Waals surface area contributed by atoms with Gasteiger partial charge in [-0.15, -0.1) is 0 Å².